The van der Waals surface area contributed by atoms with Crippen LogP contribution in [0, 0.1) is 5.82 Å². The van der Waals surface area contributed by atoms with Gasteiger partial charge < -0.3 is 9.64 Å². The van der Waals surface area contributed by atoms with Crippen molar-refractivity contribution in [1.82, 2.24) is 4.98 Å². The molecule has 0 saturated carbocycles. The summed E-state index contributed by atoms with van der Waals surface area (Å²) in [7, 11) is 0. The molecule has 1 N–H and O–H groups in total. The number of aromatic nitrogens is 1. The Bertz CT molecular complexity index is 905. The molecule has 0 aliphatic carbocycles. The fraction of sp³-hybridized carbons (Fsp3) is 0.200. The van der Waals surface area contributed by atoms with E-state index in [0.717, 1.165) is 53.3 Å². The molecule has 7 heteroatoms. The van der Waals surface area contributed by atoms with Gasteiger partial charge in [0.1, 0.15) is 5.82 Å². The van der Waals surface area contributed by atoms with E-state index in [4.69, 9.17) is 9.72 Å². The second kappa shape index (κ2) is 8.28. The standard InChI is InChI=1S/C20H19FN4OS/c21-16-6-8-17(9-7-16)24-22-14-18-19(15-4-2-1-3-5-15)23-20(27-18)25-10-12-26-13-11-25/h1-9,14,24H,10-13H2/b22-14+. The molecule has 0 bridgehead atoms. The molecule has 1 saturated heterocycles. The molecular weight excluding hydrogens is 363 g/mol. The predicted octanol–water partition coefficient (Wildman–Crippen LogP) is 4.23. The SMILES string of the molecule is Fc1ccc(N/N=C/c2sc(N3CCOCC3)nc2-c2ccccc2)cc1. The van der Waals surface area contributed by atoms with Gasteiger partial charge in [-0.2, -0.15) is 5.10 Å². The molecule has 0 unspecified atom stereocenters. The molecule has 0 radical (unpaired) electrons. The van der Waals surface area contributed by atoms with Crippen molar-refractivity contribution in [2.45, 2.75) is 0 Å². The van der Waals surface area contributed by atoms with Crippen LogP contribution in [-0.4, -0.2) is 37.5 Å². The van der Waals surface area contributed by atoms with Gasteiger partial charge in [-0.15, -0.1) is 0 Å². The molecule has 0 amide bonds. The van der Waals surface area contributed by atoms with Gasteiger partial charge in [-0.1, -0.05) is 41.7 Å². The number of halogens is 1. The number of morpholine rings is 1. The zero-order chi connectivity index (χ0) is 18.5. The molecule has 0 atom stereocenters. The second-order valence-electron chi connectivity index (χ2n) is 6.05. The summed E-state index contributed by atoms with van der Waals surface area (Å²) in [5.74, 6) is -0.270. The van der Waals surface area contributed by atoms with E-state index in [1.807, 2.05) is 30.3 Å². The summed E-state index contributed by atoms with van der Waals surface area (Å²) in [6.07, 6.45) is 1.77. The van der Waals surface area contributed by atoms with Crippen LogP contribution in [0.5, 0.6) is 0 Å². The summed E-state index contributed by atoms with van der Waals surface area (Å²) in [4.78, 5) is 8.07. The van der Waals surface area contributed by atoms with Crippen LogP contribution in [0.1, 0.15) is 4.88 Å². The molecule has 1 fully saturated rings. The van der Waals surface area contributed by atoms with Crippen molar-refractivity contribution in [3.63, 3.8) is 0 Å². The number of thiazole rings is 1. The van der Waals surface area contributed by atoms with Crippen LogP contribution in [0.3, 0.4) is 0 Å². The highest BCUT2D eigenvalue weighted by Crippen LogP contribution is 2.32. The molecular formula is C20H19FN4OS. The van der Waals surface area contributed by atoms with Gasteiger partial charge in [0.05, 0.1) is 35.7 Å². The molecule has 1 aliphatic heterocycles. The number of nitrogens with zero attached hydrogens (tertiary/aromatic N) is 3. The van der Waals surface area contributed by atoms with Crippen molar-refractivity contribution in [2.75, 3.05) is 36.6 Å². The van der Waals surface area contributed by atoms with Crippen molar-refractivity contribution in [2.24, 2.45) is 5.10 Å². The first-order chi connectivity index (χ1) is 13.3. The molecule has 4 rings (SSSR count). The lowest BCUT2D eigenvalue weighted by atomic mass is 10.1. The van der Waals surface area contributed by atoms with Crippen LogP contribution >= 0.6 is 11.3 Å². The van der Waals surface area contributed by atoms with E-state index < -0.39 is 0 Å². The number of hydrazone groups is 1. The highest BCUT2D eigenvalue weighted by atomic mass is 32.1. The van der Waals surface area contributed by atoms with Crippen LogP contribution in [0.15, 0.2) is 59.7 Å². The van der Waals surface area contributed by atoms with Crippen LogP contribution < -0.4 is 10.3 Å². The van der Waals surface area contributed by atoms with E-state index in [9.17, 15) is 4.39 Å². The normalized spacial score (nSPS) is 14.6. The number of anilines is 2. The van der Waals surface area contributed by atoms with E-state index in [2.05, 4.69) is 15.4 Å². The lowest BCUT2D eigenvalue weighted by Crippen LogP contribution is -2.36. The van der Waals surface area contributed by atoms with Gasteiger partial charge in [-0.25, -0.2) is 9.37 Å². The fourth-order valence-corrected chi connectivity index (χ4v) is 3.80. The van der Waals surface area contributed by atoms with Gasteiger partial charge in [0.2, 0.25) is 0 Å². The van der Waals surface area contributed by atoms with Crippen LogP contribution in [0.25, 0.3) is 11.3 Å². The molecule has 2 heterocycles. The van der Waals surface area contributed by atoms with Gasteiger partial charge in [0, 0.05) is 18.7 Å². The average molecular weight is 382 g/mol. The quantitative estimate of drug-likeness (QED) is 0.530. The fourth-order valence-electron chi connectivity index (χ4n) is 2.79. The van der Waals surface area contributed by atoms with Crippen molar-refractivity contribution < 1.29 is 9.13 Å². The maximum absolute atomic E-state index is 13.0. The third kappa shape index (κ3) is 4.32. The largest absolute Gasteiger partial charge is 0.378 e. The monoisotopic (exact) mass is 382 g/mol. The van der Waals surface area contributed by atoms with E-state index in [1.54, 1.807) is 29.7 Å². The number of benzene rings is 2. The Kier molecular flexibility index (Phi) is 5.41. The predicted molar refractivity (Wildman–Crippen MR) is 108 cm³/mol. The topological polar surface area (TPSA) is 49.8 Å². The summed E-state index contributed by atoms with van der Waals surface area (Å²) in [5.41, 5.74) is 5.63. The molecule has 138 valence electrons. The summed E-state index contributed by atoms with van der Waals surface area (Å²) in [5, 5.41) is 5.29. The minimum atomic E-state index is -0.270. The van der Waals surface area contributed by atoms with E-state index in [-0.39, 0.29) is 5.82 Å². The van der Waals surface area contributed by atoms with Crippen molar-refractivity contribution in [1.29, 1.82) is 0 Å². The lowest BCUT2D eigenvalue weighted by Gasteiger charge is -2.26. The van der Waals surface area contributed by atoms with Gasteiger partial charge in [-0.3, -0.25) is 5.43 Å². The zero-order valence-corrected chi connectivity index (χ0v) is 15.5. The Morgan fingerprint density at radius 3 is 2.56 bits per heavy atom. The van der Waals surface area contributed by atoms with E-state index >= 15 is 0 Å². The summed E-state index contributed by atoms with van der Waals surface area (Å²) < 4.78 is 18.4. The Morgan fingerprint density at radius 2 is 1.81 bits per heavy atom. The van der Waals surface area contributed by atoms with Crippen molar-refractivity contribution in [3.8, 4) is 11.3 Å². The smallest absolute Gasteiger partial charge is 0.186 e. The Morgan fingerprint density at radius 1 is 1.07 bits per heavy atom. The summed E-state index contributed by atoms with van der Waals surface area (Å²) in [6, 6.07) is 16.2. The van der Waals surface area contributed by atoms with Crippen LogP contribution in [0.4, 0.5) is 15.2 Å². The van der Waals surface area contributed by atoms with Gasteiger partial charge >= 0.3 is 0 Å². The van der Waals surface area contributed by atoms with E-state index in [0.29, 0.717) is 0 Å². The van der Waals surface area contributed by atoms with Crippen LogP contribution in [0.2, 0.25) is 0 Å². The first kappa shape index (κ1) is 17.6. The van der Waals surface area contributed by atoms with Gasteiger partial charge in [-0.05, 0) is 24.3 Å². The van der Waals surface area contributed by atoms with Gasteiger partial charge in [0.15, 0.2) is 5.13 Å². The summed E-state index contributed by atoms with van der Waals surface area (Å²) >= 11 is 1.61. The molecule has 3 aromatic rings. The first-order valence-corrected chi connectivity index (χ1v) is 9.55. The number of hydrogen-bond acceptors (Lipinski definition) is 6. The molecule has 27 heavy (non-hydrogen) atoms. The maximum atomic E-state index is 13.0. The minimum Gasteiger partial charge on any atom is -0.378 e. The molecule has 5 nitrogen and oxygen atoms in total. The number of nitrogens with one attached hydrogen (secondary N) is 1. The molecule has 2 aromatic carbocycles. The third-order valence-corrected chi connectivity index (χ3v) is 5.24. The Balaban J connectivity index is 1.60. The molecule has 0 spiro atoms. The highest BCUT2D eigenvalue weighted by Gasteiger charge is 2.18. The zero-order valence-electron chi connectivity index (χ0n) is 14.6. The number of ether oxygens (including phenoxy) is 1. The number of hydrogen-bond donors (Lipinski definition) is 1. The Hall–Kier alpha value is -2.77. The maximum Gasteiger partial charge on any atom is 0.186 e. The second-order valence-corrected chi connectivity index (χ2v) is 7.06. The van der Waals surface area contributed by atoms with Crippen molar-refractivity contribution >= 4 is 28.4 Å². The van der Waals surface area contributed by atoms with Crippen LogP contribution in [-0.2, 0) is 4.74 Å². The number of rotatable bonds is 5. The van der Waals surface area contributed by atoms with Gasteiger partial charge in [0.25, 0.3) is 0 Å². The van der Waals surface area contributed by atoms with E-state index in [1.165, 1.54) is 12.1 Å². The first-order valence-electron chi connectivity index (χ1n) is 8.73. The average Bonchev–Trinajstić information content (AvgIpc) is 3.15. The third-order valence-electron chi connectivity index (χ3n) is 4.19. The molecule has 1 aromatic heterocycles. The molecule has 1 aliphatic rings. The highest BCUT2D eigenvalue weighted by molar-refractivity contribution is 7.17. The Labute approximate surface area is 161 Å². The lowest BCUT2D eigenvalue weighted by molar-refractivity contribution is 0.122. The van der Waals surface area contributed by atoms with Crippen molar-refractivity contribution in [3.05, 3.63) is 65.3 Å². The summed E-state index contributed by atoms with van der Waals surface area (Å²) in [6.45, 7) is 3.11. The minimum absolute atomic E-state index is 0.270.